The van der Waals surface area contributed by atoms with Gasteiger partial charge in [0.25, 0.3) is 0 Å². The van der Waals surface area contributed by atoms with Crippen molar-refractivity contribution in [2.45, 2.75) is 70.8 Å². The Labute approximate surface area is 198 Å². The zero-order chi connectivity index (χ0) is 23.2. The van der Waals surface area contributed by atoms with Gasteiger partial charge in [-0.1, -0.05) is 55.1 Å². The first kappa shape index (κ1) is 23.8. The number of benzene rings is 2. The maximum absolute atomic E-state index is 11.8. The molecular weight excluding hydrogens is 408 g/mol. The Balaban J connectivity index is 1.35. The zero-order valence-electron chi connectivity index (χ0n) is 20.0. The van der Waals surface area contributed by atoms with Crippen LogP contribution in [0, 0.1) is 17.8 Å². The van der Waals surface area contributed by atoms with E-state index in [1.165, 1.54) is 56.9 Å². The molecule has 2 aromatic carbocycles. The van der Waals surface area contributed by atoms with Gasteiger partial charge in [0.15, 0.2) is 0 Å². The Morgan fingerprint density at radius 3 is 2.12 bits per heavy atom. The molecular formula is C30H38O3. The van der Waals surface area contributed by atoms with Crippen molar-refractivity contribution in [3.05, 3.63) is 71.8 Å². The number of carbonyl (C=O) groups excluding carboxylic acids is 1. The van der Waals surface area contributed by atoms with E-state index in [2.05, 4.69) is 36.9 Å². The van der Waals surface area contributed by atoms with Crippen molar-refractivity contribution in [3.63, 3.8) is 0 Å². The van der Waals surface area contributed by atoms with Crippen LogP contribution in [0.4, 0.5) is 0 Å². The summed E-state index contributed by atoms with van der Waals surface area (Å²) in [6.07, 6.45) is 10.3. The Kier molecular flexibility index (Phi) is 8.03. The monoisotopic (exact) mass is 446 g/mol. The maximum Gasteiger partial charge on any atom is 0.333 e. The fourth-order valence-electron chi connectivity index (χ4n) is 5.90. The van der Waals surface area contributed by atoms with Crippen LogP contribution in [0.1, 0.15) is 75.3 Å². The number of carbonyl (C=O) groups is 1. The first-order valence-electron chi connectivity index (χ1n) is 12.7. The minimum atomic E-state index is -0.350. The molecule has 0 aliphatic heterocycles. The third-order valence-corrected chi connectivity index (χ3v) is 8.01. The van der Waals surface area contributed by atoms with Gasteiger partial charge >= 0.3 is 5.97 Å². The second-order valence-corrected chi connectivity index (χ2v) is 10.2. The minimum Gasteiger partial charge on any atom is -0.457 e. The molecule has 3 nitrogen and oxygen atoms in total. The second kappa shape index (κ2) is 11.2. The fraction of sp³-hybridized carbons (Fsp3) is 0.500. The Morgan fingerprint density at radius 2 is 1.52 bits per heavy atom. The van der Waals surface area contributed by atoms with Gasteiger partial charge in [-0.05, 0) is 104 Å². The standard InChI is InChI=1S/C30H38O3/c1-21(2)30(32)33-20-28-5-3-4-6-29(28)27-17-15-26(16-18-27)25-13-11-24(12-14-25)23-9-7-22(19-31)8-10-23/h3-6,15-18,22-25,31H,1,7-14,19-20H2,2H3. The lowest BCUT2D eigenvalue weighted by Gasteiger charge is -2.37. The fourth-order valence-corrected chi connectivity index (χ4v) is 5.90. The largest absolute Gasteiger partial charge is 0.457 e. The first-order valence-corrected chi connectivity index (χ1v) is 12.7. The van der Waals surface area contributed by atoms with Crippen LogP contribution in [-0.4, -0.2) is 17.7 Å². The highest BCUT2D eigenvalue weighted by Gasteiger charge is 2.31. The lowest BCUT2D eigenvalue weighted by Crippen LogP contribution is -2.26. The van der Waals surface area contributed by atoms with Gasteiger partial charge in [0, 0.05) is 12.2 Å². The Morgan fingerprint density at radius 1 is 0.909 bits per heavy atom. The maximum atomic E-state index is 11.8. The molecule has 33 heavy (non-hydrogen) atoms. The van der Waals surface area contributed by atoms with Crippen LogP contribution in [0.3, 0.4) is 0 Å². The van der Waals surface area contributed by atoms with Crippen LogP contribution in [0.5, 0.6) is 0 Å². The van der Waals surface area contributed by atoms with E-state index in [1.54, 1.807) is 6.92 Å². The quantitative estimate of drug-likeness (QED) is 0.366. The summed E-state index contributed by atoms with van der Waals surface area (Å²) < 4.78 is 5.39. The van der Waals surface area contributed by atoms with Gasteiger partial charge in [-0.25, -0.2) is 4.79 Å². The number of esters is 1. The van der Waals surface area contributed by atoms with E-state index in [-0.39, 0.29) is 12.6 Å². The normalized spacial score (nSPS) is 25.4. The van der Waals surface area contributed by atoms with Crippen LogP contribution >= 0.6 is 0 Å². The van der Waals surface area contributed by atoms with Crippen molar-refractivity contribution in [1.82, 2.24) is 0 Å². The molecule has 0 atom stereocenters. The van der Waals surface area contributed by atoms with Crippen molar-refractivity contribution < 1.29 is 14.6 Å². The summed E-state index contributed by atoms with van der Waals surface area (Å²) in [5, 5.41) is 9.40. The van der Waals surface area contributed by atoms with E-state index in [4.69, 9.17) is 4.74 Å². The predicted molar refractivity (Wildman–Crippen MR) is 134 cm³/mol. The summed E-state index contributed by atoms with van der Waals surface area (Å²) in [6.45, 7) is 5.96. The number of aliphatic hydroxyl groups is 1. The number of ether oxygens (including phenoxy) is 1. The van der Waals surface area contributed by atoms with Gasteiger partial charge in [0.2, 0.25) is 0 Å². The summed E-state index contributed by atoms with van der Waals surface area (Å²) in [5.41, 5.74) is 5.16. The highest BCUT2D eigenvalue weighted by atomic mass is 16.5. The first-order chi connectivity index (χ1) is 16.0. The smallest absolute Gasteiger partial charge is 0.333 e. The van der Waals surface area contributed by atoms with Crippen LogP contribution in [-0.2, 0) is 16.1 Å². The number of hydrogen-bond acceptors (Lipinski definition) is 3. The summed E-state index contributed by atoms with van der Waals surface area (Å²) in [6, 6.07) is 17.2. The van der Waals surface area contributed by atoms with Gasteiger partial charge in [-0.15, -0.1) is 0 Å². The molecule has 0 radical (unpaired) electrons. The molecule has 0 unspecified atom stereocenters. The topological polar surface area (TPSA) is 46.5 Å². The molecule has 0 amide bonds. The third-order valence-electron chi connectivity index (χ3n) is 8.01. The van der Waals surface area contributed by atoms with E-state index < -0.39 is 0 Å². The molecule has 176 valence electrons. The molecule has 2 aromatic rings. The zero-order valence-corrected chi connectivity index (χ0v) is 20.0. The van der Waals surface area contributed by atoms with Gasteiger partial charge in [-0.2, -0.15) is 0 Å². The van der Waals surface area contributed by atoms with Crippen LogP contribution in [0.25, 0.3) is 11.1 Å². The molecule has 0 bridgehead atoms. The van der Waals surface area contributed by atoms with E-state index in [0.717, 1.165) is 28.5 Å². The molecule has 0 heterocycles. The SMILES string of the molecule is C=C(C)C(=O)OCc1ccccc1-c1ccc(C2CCC(C3CCC(CO)CC3)CC2)cc1. The van der Waals surface area contributed by atoms with Gasteiger partial charge < -0.3 is 9.84 Å². The highest BCUT2D eigenvalue weighted by molar-refractivity contribution is 5.87. The van der Waals surface area contributed by atoms with E-state index >= 15 is 0 Å². The van der Waals surface area contributed by atoms with Crippen molar-refractivity contribution in [2.75, 3.05) is 6.61 Å². The van der Waals surface area contributed by atoms with Crippen molar-refractivity contribution in [3.8, 4) is 11.1 Å². The molecule has 0 spiro atoms. The Hall–Kier alpha value is -2.39. The van der Waals surface area contributed by atoms with Crippen molar-refractivity contribution in [2.24, 2.45) is 17.8 Å². The molecule has 0 saturated heterocycles. The van der Waals surface area contributed by atoms with Crippen LogP contribution in [0.2, 0.25) is 0 Å². The second-order valence-electron chi connectivity index (χ2n) is 10.2. The number of aliphatic hydroxyl groups excluding tert-OH is 1. The van der Waals surface area contributed by atoms with E-state index in [1.807, 2.05) is 18.2 Å². The van der Waals surface area contributed by atoms with Crippen LogP contribution in [0.15, 0.2) is 60.7 Å². The highest BCUT2D eigenvalue weighted by Crippen LogP contribution is 2.44. The third kappa shape index (κ3) is 5.95. The van der Waals surface area contributed by atoms with Gasteiger partial charge in [0.1, 0.15) is 6.61 Å². The molecule has 3 heteroatoms. The summed E-state index contributed by atoms with van der Waals surface area (Å²) in [5.74, 6) is 2.63. The molecule has 2 fully saturated rings. The average molecular weight is 447 g/mol. The average Bonchev–Trinajstić information content (AvgIpc) is 2.87. The van der Waals surface area contributed by atoms with Gasteiger partial charge in [0.05, 0.1) is 0 Å². The molecule has 2 saturated carbocycles. The molecule has 2 aliphatic rings. The molecule has 1 N–H and O–H groups in total. The van der Waals surface area contributed by atoms with Gasteiger partial charge in [-0.3, -0.25) is 0 Å². The summed E-state index contributed by atoms with van der Waals surface area (Å²) in [7, 11) is 0. The molecule has 0 aromatic heterocycles. The van der Waals surface area contributed by atoms with E-state index in [0.29, 0.717) is 24.0 Å². The van der Waals surface area contributed by atoms with Crippen molar-refractivity contribution >= 4 is 5.97 Å². The lowest BCUT2D eigenvalue weighted by atomic mass is 9.68. The molecule has 2 aliphatic carbocycles. The van der Waals surface area contributed by atoms with Crippen LogP contribution < -0.4 is 0 Å². The predicted octanol–water partition coefficient (Wildman–Crippen LogP) is 7.05. The van der Waals surface area contributed by atoms with E-state index in [9.17, 15) is 9.90 Å². The Bertz CT molecular complexity index is 929. The number of hydrogen-bond donors (Lipinski definition) is 1. The summed E-state index contributed by atoms with van der Waals surface area (Å²) >= 11 is 0. The molecule has 4 rings (SSSR count). The summed E-state index contributed by atoms with van der Waals surface area (Å²) in [4.78, 5) is 11.8. The van der Waals surface area contributed by atoms with Crippen molar-refractivity contribution in [1.29, 1.82) is 0 Å². The lowest BCUT2D eigenvalue weighted by molar-refractivity contribution is -0.140. The number of rotatable bonds is 7. The minimum absolute atomic E-state index is 0.258.